The zero-order valence-corrected chi connectivity index (χ0v) is 17.5. The molecule has 0 amide bonds. The Kier molecular flexibility index (Phi) is 8.45. The first-order valence-corrected chi connectivity index (χ1v) is 10.6. The first kappa shape index (κ1) is 20.8. The minimum absolute atomic E-state index is 0.196. The Balaban J connectivity index is 2.30. The van der Waals surface area contributed by atoms with Crippen LogP contribution in [0.5, 0.6) is 0 Å². The van der Waals surface area contributed by atoms with Gasteiger partial charge in [0.25, 0.3) is 0 Å². The van der Waals surface area contributed by atoms with E-state index < -0.39 is 0 Å². The summed E-state index contributed by atoms with van der Waals surface area (Å²) in [5.74, 6) is 1.91. The fraction of sp³-hybridized carbons (Fsp3) is 0.650. The second kappa shape index (κ2) is 10.6. The summed E-state index contributed by atoms with van der Waals surface area (Å²) in [5.41, 5.74) is 4.54. The van der Waals surface area contributed by atoms with E-state index in [1.54, 1.807) is 11.3 Å². The van der Waals surface area contributed by atoms with E-state index in [0.717, 1.165) is 37.7 Å². The van der Waals surface area contributed by atoms with Crippen LogP contribution >= 0.6 is 11.3 Å². The zero-order valence-electron chi connectivity index (χ0n) is 16.7. The lowest BCUT2D eigenvalue weighted by Gasteiger charge is -2.25. The molecule has 0 aliphatic carbocycles. The second-order valence-electron chi connectivity index (χ2n) is 6.79. The van der Waals surface area contributed by atoms with Gasteiger partial charge in [-0.3, -0.25) is 0 Å². The summed E-state index contributed by atoms with van der Waals surface area (Å²) in [6, 6.07) is 0. The van der Waals surface area contributed by atoms with Gasteiger partial charge in [-0.1, -0.05) is 38.0 Å². The summed E-state index contributed by atoms with van der Waals surface area (Å²) in [6.07, 6.45) is 7.43. The van der Waals surface area contributed by atoms with E-state index in [-0.39, 0.29) is 6.61 Å². The summed E-state index contributed by atoms with van der Waals surface area (Å²) in [4.78, 5) is 13.0. The number of hydrogen-bond donors (Lipinski definition) is 1. The molecule has 6 heteroatoms. The Morgan fingerprint density at radius 1 is 1.15 bits per heavy atom. The summed E-state index contributed by atoms with van der Waals surface area (Å²) < 4.78 is 2.25. The van der Waals surface area contributed by atoms with Gasteiger partial charge >= 0.3 is 0 Å². The summed E-state index contributed by atoms with van der Waals surface area (Å²) in [5, 5.41) is 9.23. The van der Waals surface area contributed by atoms with Crippen molar-refractivity contribution in [1.82, 2.24) is 9.97 Å². The van der Waals surface area contributed by atoms with Crippen LogP contribution in [0, 0.1) is 13.8 Å². The van der Waals surface area contributed by atoms with Gasteiger partial charge in [0, 0.05) is 39.2 Å². The minimum Gasteiger partial charge on any atom is -0.396 e. The predicted molar refractivity (Wildman–Crippen MR) is 108 cm³/mol. The van der Waals surface area contributed by atoms with E-state index in [0.29, 0.717) is 0 Å². The van der Waals surface area contributed by atoms with Crippen LogP contribution in [0.25, 0.3) is 0 Å². The number of unbranched alkanes of at least 4 members (excludes halogenated alkanes) is 2. The second-order valence-corrected chi connectivity index (χ2v) is 7.73. The molecule has 0 fully saturated rings. The van der Waals surface area contributed by atoms with E-state index in [1.807, 2.05) is 13.1 Å². The fourth-order valence-electron chi connectivity index (χ4n) is 3.02. The topological polar surface area (TPSA) is 53.1 Å². The van der Waals surface area contributed by atoms with Crippen molar-refractivity contribution in [3.05, 3.63) is 33.7 Å². The normalized spacial score (nSPS) is 11.1. The molecule has 2 aromatic rings. The monoisotopic (exact) mass is 377 g/mol. The highest BCUT2D eigenvalue weighted by Crippen LogP contribution is 2.20. The molecule has 0 saturated heterocycles. The van der Waals surface area contributed by atoms with E-state index in [1.165, 1.54) is 41.8 Å². The number of anilines is 1. The molecular weight excluding hydrogens is 344 g/mol. The molecule has 0 aliphatic heterocycles. The largest absolute Gasteiger partial charge is 0.396 e. The molecule has 0 aromatic carbocycles. The maximum Gasteiger partial charge on any atom is 0.225 e. The SMILES string of the molecule is CCCCN(CCCC)c1nc(C)ncc1C[n+]1csc(CCO)c1C. The Morgan fingerprint density at radius 3 is 2.46 bits per heavy atom. The third-order valence-corrected chi connectivity index (χ3v) is 5.80. The quantitative estimate of drug-likeness (QED) is 0.610. The van der Waals surface area contributed by atoms with Crippen molar-refractivity contribution in [2.75, 3.05) is 24.6 Å². The van der Waals surface area contributed by atoms with Crippen molar-refractivity contribution in [3.63, 3.8) is 0 Å². The average Bonchev–Trinajstić information content (AvgIpc) is 2.97. The minimum atomic E-state index is 0.196. The molecule has 0 atom stereocenters. The van der Waals surface area contributed by atoms with Crippen LogP contribution < -0.4 is 9.47 Å². The highest BCUT2D eigenvalue weighted by molar-refractivity contribution is 7.09. The molecular formula is C20H33N4OS+. The first-order valence-electron chi connectivity index (χ1n) is 9.75. The van der Waals surface area contributed by atoms with Crippen molar-refractivity contribution < 1.29 is 9.67 Å². The van der Waals surface area contributed by atoms with Crippen LogP contribution in [0.4, 0.5) is 5.82 Å². The first-order chi connectivity index (χ1) is 12.6. The van der Waals surface area contributed by atoms with Crippen molar-refractivity contribution >= 4 is 17.2 Å². The van der Waals surface area contributed by atoms with Gasteiger partial charge in [-0.15, -0.1) is 0 Å². The lowest BCUT2D eigenvalue weighted by Crippen LogP contribution is -2.37. The summed E-state index contributed by atoms with van der Waals surface area (Å²) in [6.45, 7) is 11.6. The molecule has 2 rings (SSSR count). The molecule has 5 nitrogen and oxygen atoms in total. The number of thiazole rings is 1. The Labute approximate surface area is 161 Å². The van der Waals surface area contributed by atoms with Crippen molar-refractivity contribution in [2.24, 2.45) is 0 Å². The number of aliphatic hydroxyl groups excluding tert-OH is 1. The number of aryl methyl sites for hydroxylation is 1. The third-order valence-electron chi connectivity index (χ3n) is 4.66. The lowest BCUT2D eigenvalue weighted by molar-refractivity contribution is -0.689. The van der Waals surface area contributed by atoms with Gasteiger partial charge in [-0.05, 0) is 19.8 Å². The fourth-order valence-corrected chi connectivity index (χ4v) is 4.01. The maximum absolute atomic E-state index is 9.23. The van der Waals surface area contributed by atoms with E-state index >= 15 is 0 Å². The van der Waals surface area contributed by atoms with Crippen LogP contribution in [-0.2, 0) is 13.0 Å². The van der Waals surface area contributed by atoms with Gasteiger partial charge in [-0.2, -0.15) is 4.57 Å². The van der Waals surface area contributed by atoms with Crippen LogP contribution in [0.3, 0.4) is 0 Å². The highest BCUT2D eigenvalue weighted by atomic mass is 32.1. The highest BCUT2D eigenvalue weighted by Gasteiger charge is 2.20. The van der Waals surface area contributed by atoms with Crippen LogP contribution in [-0.4, -0.2) is 34.8 Å². The zero-order chi connectivity index (χ0) is 18.9. The van der Waals surface area contributed by atoms with Gasteiger partial charge in [0.1, 0.15) is 11.6 Å². The number of nitrogens with zero attached hydrogens (tertiary/aromatic N) is 4. The number of aliphatic hydroxyl groups is 1. The molecule has 2 aromatic heterocycles. The van der Waals surface area contributed by atoms with Gasteiger partial charge in [-0.25, -0.2) is 9.97 Å². The number of rotatable bonds is 11. The van der Waals surface area contributed by atoms with E-state index in [2.05, 4.69) is 40.7 Å². The van der Waals surface area contributed by atoms with Crippen LogP contribution in [0.15, 0.2) is 11.7 Å². The lowest BCUT2D eigenvalue weighted by atomic mass is 10.2. The average molecular weight is 378 g/mol. The van der Waals surface area contributed by atoms with Gasteiger partial charge in [0.15, 0.2) is 12.2 Å². The van der Waals surface area contributed by atoms with E-state index in [9.17, 15) is 5.11 Å². The Bertz CT molecular complexity index is 678. The van der Waals surface area contributed by atoms with Crippen LogP contribution in [0.1, 0.15) is 61.5 Å². The molecule has 0 unspecified atom stereocenters. The molecule has 2 heterocycles. The molecule has 0 bridgehead atoms. The Hall–Kier alpha value is -1.53. The molecule has 0 radical (unpaired) electrons. The molecule has 0 aliphatic rings. The van der Waals surface area contributed by atoms with Crippen molar-refractivity contribution in [1.29, 1.82) is 0 Å². The summed E-state index contributed by atoms with van der Waals surface area (Å²) in [7, 11) is 0. The Morgan fingerprint density at radius 2 is 1.85 bits per heavy atom. The van der Waals surface area contributed by atoms with Gasteiger partial charge in [0.05, 0.1) is 10.4 Å². The molecule has 1 N–H and O–H groups in total. The number of hydrogen-bond acceptors (Lipinski definition) is 5. The molecule has 26 heavy (non-hydrogen) atoms. The van der Waals surface area contributed by atoms with E-state index in [4.69, 9.17) is 4.98 Å². The van der Waals surface area contributed by atoms with Gasteiger partial charge in [0.2, 0.25) is 5.51 Å². The third kappa shape index (κ3) is 5.48. The molecule has 0 saturated carbocycles. The molecule has 0 spiro atoms. The summed E-state index contributed by atoms with van der Waals surface area (Å²) >= 11 is 1.71. The maximum atomic E-state index is 9.23. The van der Waals surface area contributed by atoms with Crippen molar-refractivity contribution in [3.8, 4) is 0 Å². The predicted octanol–water partition coefficient (Wildman–Crippen LogP) is 3.43. The standard InChI is InChI=1S/C20H33N4OS/c1-5-7-10-23(11-8-6-2)20-18(13-21-17(4)22-20)14-24-15-26-19(9-12-25)16(24)3/h13,15,25H,5-12,14H2,1-4H3/q+1. The van der Waals surface area contributed by atoms with Gasteiger partial charge < -0.3 is 10.0 Å². The molecule has 144 valence electrons. The van der Waals surface area contributed by atoms with Crippen LogP contribution in [0.2, 0.25) is 0 Å². The number of aromatic nitrogens is 3. The van der Waals surface area contributed by atoms with Crippen molar-refractivity contribution in [2.45, 2.75) is 66.3 Å². The smallest absolute Gasteiger partial charge is 0.225 e.